The van der Waals surface area contributed by atoms with Crippen molar-refractivity contribution in [3.8, 4) is 0 Å². The van der Waals surface area contributed by atoms with E-state index in [1.165, 1.54) is 16.8 Å². The summed E-state index contributed by atoms with van der Waals surface area (Å²) in [5.41, 5.74) is 0. The summed E-state index contributed by atoms with van der Waals surface area (Å²) in [5.74, 6) is 0.0995. The third kappa shape index (κ3) is 3.75. The predicted octanol–water partition coefficient (Wildman–Crippen LogP) is 2.10. The number of carbonyl (C=O) groups is 1. The van der Waals surface area contributed by atoms with E-state index in [0.717, 1.165) is 0 Å². The largest absolute Gasteiger partial charge is 0.405 e. The Labute approximate surface area is 110 Å². The van der Waals surface area contributed by atoms with Gasteiger partial charge < -0.3 is 4.90 Å². The van der Waals surface area contributed by atoms with Gasteiger partial charge in [0, 0.05) is 31.4 Å². The molecular weight excluding hydrogens is 269 g/mol. The van der Waals surface area contributed by atoms with E-state index in [2.05, 4.69) is 0 Å². The molecule has 1 amide bonds. The van der Waals surface area contributed by atoms with Crippen LogP contribution in [0.1, 0.15) is 19.8 Å². The van der Waals surface area contributed by atoms with Crippen LogP contribution in [0.4, 0.5) is 13.2 Å². The van der Waals surface area contributed by atoms with Crippen LogP contribution in [0.5, 0.6) is 0 Å². The molecule has 106 valence electrons. The van der Waals surface area contributed by atoms with Gasteiger partial charge in [-0.2, -0.15) is 13.2 Å². The summed E-state index contributed by atoms with van der Waals surface area (Å²) in [6.07, 6.45) is -3.60. The van der Waals surface area contributed by atoms with E-state index in [1.54, 1.807) is 6.92 Å². The first-order chi connectivity index (χ1) is 8.27. The molecule has 3 nitrogen and oxygen atoms in total. The Morgan fingerprint density at radius 3 is 2.50 bits per heavy atom. The summed E-state index contributed by atoms with van der Waals surface area (Å²) >= 11 is 5.48. The summed E-state index contributed by atoms with van der Waals surface area (Å²) in [6, 6.07) is -1.88. The van der Waals surface area contributed by atoms with Crippen LogP contribution < -0.4 is 0 Å². The number of hydrogen-bond donors (Lipinski definition) is 0. The van der Waals surface area contributed by atoms with Gasteiger partial charge in [-0.05, 0) is 20.4 Å². The third-order valence-electron chi connectivity index (χ3n) is 3.32. The monoisotopic (exact) mass is 286 g/mol. The van der Waals surface area contributed by atoms with Crippen LogP contribution in [-0.4, -0.2) is 60.0 Å². The minimum Gasteiger partial charge on any atom is -0.339 e. The molecule has 0 saturated carbocycles. The Hall–Kier alpha value is -0.490. The van der Waals surface area contributed by atoms with Gasteiger partial charge in [-0.15, -0.1) is 11.6 Å². The lowest BCUT2D eigenvalue weighted by Gasteiger charge is -2.44. The second kappa shape index (κ2) is 6.10. The number of amides is 1. The Morgan fingerprint density at radius 1 is 1.39 bits per heavy atom. The van der Waals surface area contributed by atoms with E-state index >= 15 is 0 Å². The highest BCUT2D eigenvalue weighted by atomic mass is 35.5. The van der Waals surface area contributed by atoms with Crippen LogP contribution in [-0.2, 0) is 4.79 Å². The van der Waals surface area contributed by atoms with Gasteiger partial charge in [-0.25, -0.2) is 0 Å². The molecule has 0 aliphatic carbocycles. The number of rotatable bonds is 3. The van der Waals surface area contributed by atoms with Gasteiger partial charge in [-0.1, -0.05) is 0 Å². The second-order valence-corrected chi connectivity index (χ2v) is 5.04. The van der Waals surface area contributed by atoms with E-state index in [0.29, 0.717) is 18.8 Å². The maximum Gasteiger partial charge on any atom is 0.405 e. The van der Waals surface area contributed by atoms with Crippen molar-refractivity contribution in [2.45, 2.75) is 38.0 Å². The fourth-order valence-electron chi connectivity index (χ4n) is 2.08. The van der Waals surface area contributed by atoms with Crippen molar-refractivity contribution in [1.29, 1.82) is 0 Å². The molecule has 2 atom stereocenters. The van der Waals surface area contributed by atoms with Crippen molar-refractivity contribution < 1.29 is 18.0 Å². The van der Waals surface area contributed by atoms with E-state index in [1.807, 2.05) is 0 Å². The molecule has 0 radical (unpaired) electrons. The summed E-state index contributed by atoms with van der Waals surface area (Å²) in [7, 11) is 1.45. The van der Waals surface area contributed by atoms with Crippen molar-refractivity contribution in [3.63, 3.8) is 0 Å². The number of piperazine rings is 1. The summed E-state index contributed by atoms with van der Waals surface area (Å²) in [6.45, 7) is 1.75. The summed E-state index contributed by atoms with van der Waals surface area (Å²) < 4.78 is 38.6. The zero-order chi connectivity index (χ0) is 13.9. The average molecular weight is 287 g/mol. The maximum absolute atomic E-state index is 12.9. The Kier molecular flexibility index (Phi) is 5.28. The van der Waals surface area contributed by atoms with E-state index in [4.69, 9.17) is 11.6 Å². The Bertz CT molecular complexity index is 299. The quantitative estimate of drug-likeness (QED) is 0.742. The number of nitrogens with zero attached hydrogens (tertiary/aromatic N) is 2. The normalized spacial score (nSPS) is 26.4. The van der Waals surface area contributed by atoms with Crippen molar-refractivity contribution in [2.75, 3.05) is 26.0 Å². The molecule has 1 aliphatic heterocycles. The number of halogens is 4. The topological polar surface area (TPSA) is 23.6 Å². The molecule has 0 spiro atoms. The summed E-state index contributed by atoms with van der Waals surface area (Å²) in [5, 5.41) is 0. The predicted molar refractivity (Wildman–Crippen MR) is 63.6 cm³/mol. The highest BCUT2D eigenvalue weighted by Crippen LogP contribution is 2.29. The highest BCUT2D eigenvalue weighted by Gasteiger charge is 2.47. The lowest BCUT2D eigenvalue weighted by Crippen LogP contribution is -2.62. The molecule has 0 aromatic carbocycles. The van der Waals surface area contributed by atoms with Crippen LogP contribution in [0.15, 0.2) is 0 Å². The SMILES string of the molecule is CC1CN(C(=O)CCCCl)CC(C(F)(F)F)N1C. The molecule has 2 unspecified atom stereocenters. The second-order valence-electron chi connectivity index (χ2n) is 4.66. The molecule has 1 saturated heterocycles. The average Bonchev–Trinajstić information content (AvgIpc) is 2.27. The van der Waals surface area contributed by atoms with Crippen molar-refractivity contribution in [3.05, 3.63) is 0 Å². The van der Waals surface area contributed by atoms with Crippen LogP contribution in [0.2, 0.25) is 0 Å². The van der Waals surface area contributed by atoms with Gasteiger partial charge in [0.2, 0.25) is 5.91 Å². The number of likely N-dealkylation sites (N-methyl/N-ethyl adjacent to an activating group) is 1. The third-order valence-corrected chi connectivity index (χ3v) is 3.59. The smallest absolute Gasteiger partial charge is 0.339 e. The standard InChI is InChI=1S/C11H18ClF3N2O/c1-8-6-17(10(18)4-3-5-12)7-9(16(8)2)11(13,14)15/h8-9H,3-7H2,1-2H3. The molecule has 0 aromatic heterocycles. The van der Waals surface area contributed by atoms with Crippen LogP contribution in [0.3, 0.4) is 0 Å². The van der Waals surface area contributed by atoms with Gasteiger partial charge in [-0.3, -0.25) is 9.69 Å². The molecule has 1 fully saturated rings. The minimum absolute atomic E-state index is 0.213. The molecule has 0 bridgehead atoms. The zero-order valence-electron chi connectivity index (χ0n) is 10.5. The van der Waals surface area contributed by atoms with E-state index < -0.39 is 12.2 Å². The van der Waals surface area contributed by atoms with Gasteiger partial charge in [0.05, 0.1) is 0 Å². The molecule has 7 heteroatoms. The van der Waals surface area contributed by atoms with Crippen LogP contribution in [0, 0.1) is 0 Å². The molecular formula is C11H18ClF3N2O. The van der Waals surface area contributed by atoms with Crippen molar-refractivity contribution in [1.82, 2.24) is 9.80 Å². The van der Waals surface area contributed by atoms with Gasteiger partial charge >= 0.3 is 6.18 Å². The molecule has 0 aromatic rings. The van der Waals surface area contributed by atoms with Crippen molar-refractivity contribution in [2.24, 2.45) is 0 Å². The van der Waals surface area contributed by atoms with Gasteiger partial charge in [0.1, 0.15) is 6.04 Å². The number of alkyl halides is 4. The lowest BCUT2D eigenvalue weighted by atomic mass is 10.1. The molecule has 1 aliphatic rings. The van der Waals surface area contributed by atoms with E-state index in [9.17, 15) is 18.0 Å². The fourth-order valence-corrected chi connectivity index (χ4v) is 2.21. The highest BCUT2D eigenvalue weighted by molar-refractivity contribution is 6.17. The van der Waals surface area contributed by atoms with Crippen LogP contribution >= 0.6 is 11.6 Å². The Balaban J connectivity index is 2.70. The maximum atomic E-state index is 12.9. The molecule has 18 heavy (non-hydrogen) atoms. The van der Waals surface area contributed by atoms with Crippen LogP contribution in [0.25, 0.3) is 0 Å². The van der Waals surface area contributed by atoms with Gasteiger partial charge in [0.25, 0.3) is 0 Å². The first-order valence-electron chi connectivity index (χ1n) is 5.89. The van der Waals surface area contributed by atoms with Gasteiger partial charge in [0.15, 0.2) is 0 Å². The zero-order valence-corrected chi connectivity index (χ0v) is 11.3. The lowest BCUT2D eigenvalue weighted by molar-refractivity contribution is -0.201. The first-order valence-corrected chi connectivity index (χ1v) is 6.43. The number of hydrogen-bond acceptors (Lipinski definition) is 2. The molecule has 0 N–H and O–H groups in total. The fraction of sp³-hybridized carbons (Fsp3) is 0.909. The summed E-state index contributed by atoms with van der Waals surface area (Å²) in [4.78, 5) is 14.3. The van der Waals surface area contributed by atoms with E-state index in [-0.39, 0.29) is 24.9 Å². The van der Waals surface area contributed by atoms with Crippen molar-refractivity contribution >= 4 is 17.5 Å². The minimum atomic E-state index is -4.31. The Morgan fingerprint density at radius 2 is 2.00 bits per heavy atom. The molecule has 1 rings (SSSR count). The number of carbonyl (C=O) groups excluding carboxylic acids is 1. The molecule has 1 heterocycles. The first kappa shape index (κ1) is 15.6.